The lowest BCUT2D eigenvalue weighted by Crippen LogP contribution is -2.38. The molecule has 1 aromatic carbocycles. The zero-order valence-corrected chi connectivity index (χ0v) is 13.8. The zero-order valence-electron chi connectivity index (χ0n) is 12.1. The average Bonchev–Trinajstić information content (AvgIpc) is 2.93. The van der Waals surface area contributed by atoms with Crippen LogP contribution in [0.4, 0.5) is 0 Å². The van der Waals surface area contributed by atoms with Crippen LogP contribution in [0.5, 0.6) is 0 Å². The van der Waals surface area contributed by atoms with Crippen molar-refractivity contribution in [2.24, 2.45) is 23.0 Å². The van der Waals surface area contributed by atoms with Gasteiger partial charge in [-0.25, -0.2) is 0 Å². The van der Waals surface area contributed by atoms with E-state index in [2.05, 4.69) is 42.1 Å². The van der Waals surface area contributed by atoms with Crippen molar-refractivity contribution < 1.29 is 0 Å². The smallest absolute Gasteiger partial charge is 0.0793 e. The SMILES string of the molecule is NC(=S)C12CC3C(SC4CC4)C1CC3(c1ccccc1)C2. The molecule has 0 heterocycles. The van der Waals surface area contributed by atoms with E-state index < -0.39 is 0 Å². The number of benzene rings is 1. The highest BCUT2D eigenvalue weighted by Gasteiger charge is 2.76. The van der Waals surface area contributed by atoms with Gasteiger partial charge in [0.1, 0.15) is 0 Å². The number of thiocarbonyl (C=S) groups is 1. The number of hydrogen-bond donors (Lipinski definition) is 1. The number of nitrogens with two attached hydrogens (primary N) is 1. The van der Waals surface area contributed by atoms with Crippen LogP contribution in [0, 0.1) is 17.3 Å². The number of hydrogen-bond acceptors (Lipinski definition) is 2. The van der Waals surface area contributed by atoms with Crippen molar-refractivity contribution in [1.29, 1.82) is 0 Å². The molecular formula is C18H21NS2. The first-order valence-electron chi connectivity index (χ1n) is 8.17. The van der Waals surface area contributed by atoms with Gasteiger partial charge in [-0.2, -0.15) is 11.8 Å². The molecule has 5 atom stereocenters. The predicted molar refractivity (Wildman–Crippen MR) is 92.6 cm³/mol. The lowest BCUT2D eigenvalue weighted by molar-refractivity contribution is 0.370. The van der Waals surface area contributed by atoms with Gasteiger partial charge < -0.3 is 5.73 Å². The van der Waals surface area contributed by atoms with Crippen molar-refractivity contribution in [3.05, 3.63) is 35.9 Å². The van der Waals surface area contributed by atoms with Gasteiger partial charge in [-0.05, 0) is 49.5 Å². The summed E-state index contributed by atoms with van der Waals surface area (Å²) in [5.41, 5.74) is 8.37. The first-order valence-corrected chi connectivity index (χ1v) is 9.52. The maximum absolute atomic E-state index is 6.25. The van der Waals surface area contributed by atoms with Crippen LogP contribution in [0.1, 0.15) is 37.7 Å². The van der Waals surface area contributed by atoms with E-state index in [1.54, 1.807) is 5.56 Å². The molecule has 2 N–H and O–H groups in total. The zero-order chi connectivity index (χ0) is 14.2. The molecule has 4 bridgehead atoms. The maximum atomic E-state index is 6.25. The normalized spacial score (nSPS) is 46.4. The summed E-state index contributed by atoms with van der Waals surface area (Å²) >= 11 is 7.83. The van der Waals surface area contributed by atoms with Crippen LogP contribution in [0.2, 0.25) is 0 Å². The fourth-order valence-corrected chi connectivity index (χ4v) is 8.03. The van der Waals surface area contributed by atoms with Crippen molar-refractivity contribution >= 4 is 29.0 Å². The first kappa shape index (κ1) is 13.0. The Morgan fingerprint density at radius 3 is 2.52 bits per heavy atom. The lowest BCUT2D eigenvalue weighted by atomic mass is 9.74. The Balaban J connectivity index is 1.59. The van der Waals surface area contributed by atoms with Gasteiger partial charge >= 0.3 is 0 Å². The molecule has 0 aliphatic heterocycles. The highest BCUT2D eigenvalue weighted by molar-refractivity contribution is 8.00. The molecule has 5 unspecified atom stereocenters. The Hall–Kier alpha value is -0.540. The predicted octanol–water partition coefficient (Wildman–Crippen LogP) is 3.90. The summed E-state index contributed by atoms with van der Waals surface area (Å²) in [6.45, 7) is 0. The molecule has 0 aromatic heterocycles. The Kier molecular flexibility index (Phi) is 2.50. The van der Waals surface area contributed by atoms with Gasteiger partial charge in [-0.15, -0.1) is 0 Å². The Labute approximate surface area is 136 Å². The van der Waals surface area contributed by atoms with Crippen molar-refractivity contribution in [2.75, 3.05) is 0 Å². The van der Waals surface area contributed by atoms with E-state index in [1.807, 2.05) is 0 Å². The lowest BCUT2D eigenvalue weighted by Gasteiger charge is -2.34. The summed E-state index contributed by atoms with van der Waals surface area (Å²) < 4.78 is 0. The highest BCUT2D eigenvalue weighted by atomic mass is 32.2. The third-order valence-corrected chi connectivity index (χ3v) is 8.96. The van der Waals surface area contributed by atoms with Gasteiger partial charge in [0.15, 0.2) is 0 Å². The van der Waals surface area contributed by atoms with Crippen molar-refractivity contribution in [3.8, 4) is 0 Å². The minimum atomic E-state index is 0.183. The molecule has 0 radical (unpaired) electrons. The second kappa shape index (κ2) is 4.05. The van der Waals surface area contributed by atoms with Crippen LogP contribution < -0.4 is 5.73 Å². The van der Waals surface area contributed by atoms with Gasteiger partial charge in [0, 0.05) is 21.3 Å². The van der Waals surface area contributed by atoms with Gasteiger partial charge in [0.2, 0.25) is 0 Å². The fraction of sp³-hybridized carbons (Fsp3) is 0.611. The summed E-state index contributed by atoms with van der Waals surface area (Å²) in [6, 6.07) is 11.2. The molecule has 3 heteroatoms. The Morgan fingerprint density at radius 2 is 1.90 bits per heavy atom. The summed E-state index contributed by atoms with van der Waals surface area (Å²) in [4.78, 5) is 0.812. The Bertz CT molecular complexity index is 611. The van der Waals surface area contributed by atoms with Crippen LogP contribution in [0.15, 0.2) is 30.3 Å². The molecule has 0 spiro atoms. The molecule has 6 rings (SSSR count). The monoisotopic (exact) mass is 315 g/mol. The van der Waals surface area contributed by atoms with Gasteiger partial charge in [-0.3, -0.25) is 0 Å². The van der Waals surface area contributed by atoms with Crippen LogP contribution >= 0.6 is 24.0 Å². The van der Waals surface area contributed by atoms with Crippen molar-refractivity contribution in [1.82, 2.24) is 0 Å². The largest absolute Gasteiger partial charge is 0.393 e. The van der Waals surface area contributed by atoms with E-state index in [0.29, 0.717) is 5.41 Å². The van der Waals surface area contributed by atoms with E-state index in [4.69, 9.17) is 18.0 Å². The molecule has 5 fully saturated rings. The molecule has 1 aromatic rings. The van der Waals surface area contributed by atoms with Crippen LogP contribution in [-0.2, 0) is 5.41 Å². The second-order valence-corrected chi connectivity index (χ2v) is 9.56. The Morgan fingerprint density at radius 1 is 1.14 bits per heavy atom. The highest BCUT2D eigenvalue weighted by Crippen LogP contribution is 2.78. The minimum Gasteiger partial charge on any atom is -0.393 e. The molecule has 5 aliphatic carbocycles. The van der Waals surface area contributed by atoms with Crippen LogP contribution in [0.3, 0.4) is 0 Å². The van der Waals surface area contributed by atoms with Crippen LogP contribution in [-0.4, -0.2) is 15.5 Å². The summed E-state index contributed by atoms with van der Waals surface area (Å²) in [7, 11) is 0. The molecule has 21 heavy (non-hydrogen) atoms. The summed E-state index contributed by atoms with van der Waals surface area (Å²) in [5.74, 6) is 1.54. The second-order valence-electron chi connectivity index (χ2n) is 7.64. The first-order chi connectivity index (χ1) is 10.2. The third-order valence-electron chi connectivity index (χ3n) is 6.73. The van der Waals surface area contributed by atoms with E-state index in [1.165, 1.54) is 32.1 Å². The van der Waals surface area contributed by atoms with Gasteiger partial charge in [0.25, 0.3) is 0 Å². The maximum Gasteiger partial charge on any atom is 0.0793 e. The summed E-state index contributed by atoms with van der Waals surface area (Å²) in [6.07, 6.45) is 6.66. The molecule has 110 valence electrons. The molecule has 1 nitrogen and oxygen atoms in total. The number of thioether (sulfide) groups is 1. The van der Waals surface area contributed by atoms with E-state index >= 15 is 0 Å². The third kappa shape index (κ3) is 1.52. The summed E-state index contributed by atoms with van der Waals surface area (Å²) in [5, 5.41) is 1.75. The van der Waals surface area contributed by atoms with Crippen molar-refractivity contribution in [3.63, 3.8) is 0 Å². The molecule has 5 aliphatic rings. The average molecular weight is 316 g/mol. The van der Waals surface area contributed by atoms with E-state index in [0.717, 1.165) is 27.3 Å². The molecule has 0 amide bonds. The quantitative estimate of drug-likeness (QED) is 0.853. The molecule has 5 saturated carbocycles. The standard InChI is InChI=1S/C18H21NS2/c19-16(20)18-9-13-15(21-12-6-7-12)14(18)8-17(13,10-18)11-4-2-1-3-5-11/h1-5,12-15H,6-10H2,(H2,19,20). The molecule has 0 saturated heterocycles. The van der Waals surface area contributed by atoms with Crippen LogP contribution in [0.25, 0.3) is 0 Å². The topological polar surface area (TPSA) is 26.0 Å². The van der Waals surface area contributed by atoms with Crippen molar-refractivity contribution in [2.45, 2.75) is 48.0 Å². The van der Waals surface area contributed by atoms with Gasteiger partial charge in [0.05, 0.1) is 4.99 Å². The van der Waals surface area contributed by atoms with E-state index in [-0.39, 0.29) is 5.41 Å². The molecular weight excluding hydrogens is 294 g/mol. The fourth-order valence-electron chi connectivity index (χ4n) is 5.78. The van der Waals surface area contributed by atoms with Gasteiger partial charge in [-0.1, -0.05) is 42.5 Å². The minimum absolute atomic E-state index is 0.183. The van der Waals surface area contributed by atoms with E-state index in [9.17, 15) is 0 Å². The number of rotatable bonds is 4.